The number of alkyl halides is 3. The van der Waals surface area contributed by atoms with E-state index in [0.29, 0.717) is 12.8 Å². The molecule has 0 aromatic carbocycles. The highest BCUT2D eigenvalue weighted by Gasteiger charge is 2.47. The van der Waals surface area contributed by atoms with Crippen molar-refractivity contribution >= 4 is 11.9 Å². The third-order valence-electron chi connectivity index (χ3n) is 1.83. The summed E-state index contributed by atoms with van der Waals surface area (Å²) in [4.78, 5) is 21.4. The minimum absolute atomic E-state index is 0.249. The van der Waals surface area contributed by atoms with Gasteiger partial charge in [0, 0.05) is 6.42 Å². The maximum absolute atomic E-state index is 11.9. The molecule has 4 N–H and O–H groups in total. The summed E-state index contributed by atoms with van der Waals surface area (Å²) in [7, 11) is 0. The van der Waals surface area contributed by atoms with Crippen molar-refractivity contribution in [1.29, 1.82) is 0 Å². The molecule has 5 nitrogen and oxygen atoms in total. The zero-order chi connectivity index (χ0) is 13.0. The molecule has 8 heteroatoms. The molecular formula is C8H13F3N2O3. The summed E-state index contributed by atoms with van der Waals surface area (Å²) in [6.45, 7) is 1.73. The molecule has 0 fully saturated rings. The average molecular weight is 242 g/mol. The number of amides is 1. The molecule has 16 heavy (non-hydrogen) atoms. The van der Waals surface area contributed by atoms with Crippen molar-refractivity contribution in [3.63, 3.8) is 0 Å². The van der Waals surface area contributed by atoms with Gasteiger partial charge in [0.1, 0.15) is 0 Å². The number of nitrogens with two attached hydrogens (primary N) is 2. The van der Waals surface area contributed by atoms with Crippen molar-refractivity contribution in [2.75, 3.05) is 0 Å². The number of carbonyl (C=O) groups excluding carboxylic acids is 2. The van der Waals surface area contributed by atoms with Gasteiger partial charge in [0.05, 0.1) is 0 Å². The maximum Gasteiger partial charge on any atom is 0.491 e. The average Bonchev–Trinajstić information content (AvgIpc) is 2.13. The molecule has 0 aromatic heterocycles. The molecule has 1 atom stereocenters. The van der Waals surface area contributed by atoms with Crippen LogP contribution < -0.4 is 11.5 Å². The van der Waals surface area contributed by atoms with Crippen molar-refractivity contribution < 1.29 is 27.5 Å². The Hall–Kier alpha value is -1.31. The lowest BCUT2D eigenvalue weighted by molar-refractivity contribution is -0.214. The van der Waals surface area contributed by atoms with Crippen LogP contribution in [-0.2, 0) is 14.3 Å². The zero-order valence-corrected chi connectivity index (χ0v) is 8.63. The van der Waals surface area contributed by atoms with E-state index >= 15 is 0 Å². The summed E-state index contributed by atoms with van der Waals surface area (Å²) in [6, 6.07) is 0. The van der Waals surface area contributed by atoms with Crippen LogP contribution in [0.3, 0.4) is 0 Å². The Bertz CT molecular complexity index is 280. The normalized spacial score (nSPS) is 15.3. The Kier molecular flexibility index (Phi) is 4.73. The third kappa shape index (κ3) is 4.05. The predicted octanol–water partition coefficient (Wildman–Crippen LogP) is 0.422. The van der Waals surface area contributed by atoms with Crippen LogP contribution in [0.2, 0.25) is 0 Å². The number of primary amides is 1. The first kappa shape index (κ1) is 14.7. The molecule has 1 amide bonds. The van der Waals surface area contributed by atoms with Gasteiger partial charge in [-0.3, -0.25) is 10.5 Å². The lowest BCUT2D eigenvalue weighted by Gasteiger charge is -2.26. The van der Waals surface area contributed by atoms with Gasteiger partial charge in [0.2, 0.25) is 5.72 Å². The van der Waals surface area contributed by atoms with Gasteiger partial charge in [-0.05, 0) is 6.42 Å². The van der Waals surface area contributed by atoms with Gasteiger partial charge in [0.15, 0.2) is 0 Å². The van der Waals surface area contributed by atoms with Crippen molar-refractivity contribution in [3.8, 4) is 0 Å². The fourth-order valence-electron chi connectivity index (χ4n) is 0.887. The zero-order valence-electron chi connectivity index (χ0n) is 8.63. The van der Waals surface area contributed by atoms with Crippen molar-refractivity contribution in [3.05, 3.63) is 0 Å². The second kappa shape index (κ2) is 5.15. The van der Waals surface area contributed by atoms with E-state index in [-0.39, 0.29) is 6.42 Å². The van der Waals surface area contributed by atoms with Crippen molar-refractivity contribution in [2.24, 2.45) is 11.5 Å². The molecule has 0 heterocycles. The quantitative estimate of drug-likeness (QED) is 0.539. The minimum Gasteiger partial charge on any atom is -0.428 e. The number of carbonyl (C=O) groups is 2. The lowest BCUT2D eigenvalue weighted by Crippen LogP contribution is -2.56. The van der Waals surface area contributed by atoms with Crippen LogP contribution in [0.15, 0.2) is 0 Å². The minimum atomic E-state index is -5.20. The van der Waals surface area contributed by atoms with Gasteiger partial charge in [-0.2, -0.15) is 13.2 Å². The molecule has 0 aliphatic heterocycles. The molecule has 0 aliphatic rings. The first-order valence-corrected chi connectivity index (χ1v) is 4.52. The highest BCUT2D eigenvalue weighted by atomic mass is 19.4. The fraction of sp³-hybridized carbons (Fsp3) is 0.750. The first-order chi connectivity index (χ1) is 7.13. The Balaban J connectivity index is 4.69. The highest BCUT2D eigenvalue weighted by Crippen LogP contribution is 2.21. The topological polar surface area (TPSA) is 95.4 Å². The number of hydrogen-bond acceptors (Lipinski definition) is 4. The van der Waals surface area contributed by atoms with E-state index in [2.05, 4.69) is 4.74 Å². The van der Waals surface area contributed by atoms with Crippen molar-refractivity contribution in [1.82, 2.24) is 0 Å². The molecule has 0 spiro atoms. The summed E-state index contributed by atoms with van der Waals surface area (Å²) >= 11 is 0. The second-order valence-corrected chi connectivity index (χ2v) is 3.24. The van der Waals surface area contributed by atoms with Gasteiger partial charge < -0.3 is 10.5 Å². The van der Waals surface area contributed by atoms with Gasteiger partial charge in [-0.15, -0.1) is 0 Å². The van der Waals surface area contributed by atoms with E-state index in [4.69, 9.17) is 11.5 Å². The Morgan fingerprint density at radius 1 is 1.31 bits per heavy atom. The lowest BCUT2D eigenvalue weighted by atomic mass is 10.1. The Morgan fingerprint density at radius 2 is 1.81 bits per heavy atom. The monoisotopic (exact) mass is 242 g/mol. The molecule has 0 saturated carbocycles. The molecule has 0 saturated heterocycles. The fourth-order valence-corrected chi connectivity index (χ4v) is 0.887. The van der Waals surface area contributed by atoms with E-state index in [9.17, 15) is 22.8 Å². The van der Waals surface area contributed by atoms with Crippen LogP contribution in [0.1, 0.15) is 26.2 Å². The largest absolute Gasteiger partial charge is 0.491 e. The second-order valence-electron chi connectivity index (χ2n) is 3.24. The van der Waals surface area contributed by atoms with Crippen molar-refractivity contribution in [2.45, 2.75) is 38.1 Å². The van der Waals surface area contributed by atoms with Crippen LogP contribution >= 0.6 is 0 Å². The van der Waals surface area contributed by atoms with Crippen LogP contribution in [0.25, 0.3) is 0 Å². The first-order valence-electron chi connectivity index (χ1n) is 4.52. The SMILES string of the molecule is CCCCC(N)(OC(=O)C(F)(F)F)C(N)=O. The van der Waals surface area contributed by atoms with Gasteiger partial charge >= 0.3 is 12.1 Å². The van der Waals surface area contributed by atoms with Gasteiger partial charge in [-0.25, -0.2) is 4.79 Å². The van der Waals surface area contributed by atoms with Crippen LogP contribution in [-0.4, -0.2) is 23.8 Å². The molecule has 0 aromatic rings. The van der Waals surface area contributed by atoms with E-state index in [1.54, 1.807) is 6.92 Å². The van der Waals surface area contributed by atoms with E-state index < -0.39 is 23.8 Å². The molecule has 0 radical (unpaired) electrons. The highest BCUT2D eigenvalue weighted by molar-refractivity contribution is 5.87. The van der Waals surface area contributed by atoms with Crippen LogP contribution in [0.5, 0.6) is 0 Å². The molecule has 1 unspecified atom stereocenters. The summed E-state index contributed by atoms with van der Waals surface area (Å²) in [5.41, 5.74) is 7.60. The maximum atomic E-state index is 11.9. The van der Waals surface area contributed by atoms with Crippen LogP contribution in [0, 0.1) is 0 Å². The number of esters is 1. The molecule has 0 bridgehead atoms. The molecule has 94 valence electrons. The standard InChI is InChI=1S/C8H13F3N2O3/c1-2-3-4-7(13,5(12)14)16-6(15)8(9,10)11/h2-4,13H2,1H3,(H2,12,14). The molecular weight excluding hydrogens is 229 g/mol. The number of halogens is 3. The Morgan fingerprint density at radius 3 is 2.12 bits per heavy atom. The number of ether oxygens (including phenoxy) is 1. The number of hydrogen-bond donors (Lipinski definition) is 2. The number of unbranched alkanes of at least 4 members (excludes halogenated alkanes) is 1. The van der Waals surface area contributed by atoms with E-state index in [0.717, 1.165) is 0 Å². The predicted molar refractivity (Wildman–Crippen MR) is 47.8 cm³/mol. The summed E-state index contributed by atoms with van der Waals surface area (Å²) in [5, 5.41) is 0. The smallest absolute Gasteiger partial charge is 0.428 e. The van der Waals surface area contributed by atoms with E-state index in [1.807, 2.05) is 0 Å². The summed E-state index contributed by atoms with van der Waals surface area (Å²) in [5.74, 6) is -3.83. The Labute approximate surface area is 89.9 Å². The summed E-state index contributed by atoms with van der Waals surface area (Å²) < 4.78 is 39.6. The number of rotatable bonds is 5. The summed E-state index contributed by atoms with van der Waals surface area (Å²) in [6.07, 6.45) is -4.58. The van der Waals surface area contributed by atoms with E-state index in [1.165, 1.54) is 0 Å². The molecule has 0 aliphatic carbocycles. The molecule has 0 rings (SSSR count). The van der Waals surface area contributed by atoms with Gasteiger partial charge in [0.25, 0.3) is 5.91 Å². The third-order valence-corrected chi connectivity index (χ3v) is 1.83. The van der Waals surface area contributed by atoms with Gasteiger partial charge in [-0.1, -0.05) is 13.3 Å². The van der Waals surface area contributed by atoms with Crippen LogP contribution in [0.4, 0.5) is 13.2 Å².